The summed E-state index contributed by atoms with van der Waals surface area (Å²) in [5.41, 5.74) is -0.219. The highest BCUT2D eigenvalue weighted by atomic mass is 19.1. The summed E-state index contributed by atoms with van der Waals surface area (Å²) in [5.74, 6) is 0.702. The third-order valence-electron chi connectivity index (χ3n) is 4.93. The molecule has 0 amide bonds. The maximum atomic E-state index is 14.5. The Kier molecular flexibility index (Phi) is 8.78. The van der Waals surface area contributed by atoms with Crippen LogP contribution in [0.5, 0.6) is 11.5 Å². The summed E-state index contributed by atoms with van der Waals surface area (Å²) in [6, 6.07) is 8.21. The van der Waals surface area contributed by atoms with Crippen molar-refractivity contribution in [3.05, 3.63) is 54.1 Å². The van der Waals surface area contributed by atoms with Crippen molar-refractivity contribution in [2.24, 2.45) is 4.99 Å². The molecule has 1 aliphatic rings. The Hall–Kier alpha value is -2.75. The molecular formula is C23H32FN5O3. The van der Waals surface area contributed by atoms with Gasteiger partial charge in [-0.2, -0.15) is 0 Å². The molecule has 0 aliphatic carbocycles. The van der Waals surface area contributed by atoms with Crippen molar-refractivity contribution < 1.29 is 19.0 Å². The van der Waals surface area contributed by atoms with Gasteiger partial charge in [-0.15, -0.1) is 0 Å². The van der Waals surface area contributed by atoms with Crippen molar-refractivity contribution in [3.63, 3.8) is 0 Å². The van der Waals surface area contributed by atoms with Gasteiger partial charge < -0.3 is 25.2 Å². The van der Waals surface area contributed by atoms with Gasteiger partial charge in [-0.1, -0.05) is 6.07 Å². The number of ether oxygens (including phenoxy) is 2. The van der Waals surface area contributed by atoms with Gasteiger partial charge in [-0.3, -0.25) is 9.88 Å². The van der Waals surface area contributed by atoms with Crippen LogP contribution in [0.25, 0.3) is 0 Å². The number of nitrogens with one attached hydrogen (secondary N) is 2. The van der Waals surface area contributed by atoms with E-state index in [4.69, 9.17) is 9.47 Å². The molecular weight excluding hydrogens is 413 g/mol. The smallest absolute Gasteiger partial charge is 0.191 e. The lowest BCUT2D eigenvalue weighted by atomic mass is 10.1. The summed E-state index contributed by atoms with van der Waals surface area (Å²) in [6.45, 7) is 8.62. The molecule has 3 rings (SSSR count). The number of guanidine groups is 1. The van der Waals surface area contributed by atoms with Crippen LogP contribution in [0.4, 0.5) is 4.39 Å². The van der Waals surface area contributed by atoms with E-state index in [-0.39, 0.29) is 12.3 Å². The summed E-state index contributed by atoms with van der Waals surface area (Å²) < 4.78 is 25.4. The molecule has 2 heterocycles. The number of aliphatic imine (C=N–C) groups is 1. The standard InChI is InChI=1S/C23H32FN5O3/c1-3-26-22(28-16-23(2,30)17-29-9-11-31-12-10-29)27-14-18-6-7-21(20(24)13-18)32-19-5-4-8-25-15-19/h4-8,13,15,30H,3,9-12,14,16-17H2,1-2H3,(H2,26,27,28). The zero-order valence-corrected chi connectivity index (χ0v) is 18.7. The number of halogens is 1. The van der Waals surface area contributed by atoms with E-state index in [0.717, 1.165) is 13.1 Å². The monoisotopic (exact) mass is 445 g/mol. The fourth-order valence-corrected chi connectivity index (χ4v) is 3.34. The van der Waals surface area contributed by atoms with Crippen LogP contribution < -0.4 is 15.4 Å². The molecule has 1 saturated heterocycles. The average Bonchev–Trinajstić information content (AvgIpc) is 2.78. The third-order valence-corrected chi connectivity index (χ3v) is 4.93. The molecule has 1 aromatic carbocycles. The molecule has 0 saturated carbocycles. The first-order valence-electron chi connectivity index (χ1n) is 10.9. The van der Waals surface area contributed by atoms with Crippen molar-refractivity contribution in [1.82, 2.24) is 20.5 Å². The number of aliphatic hydroxyl groups is 1. The van der Waals surface area contributed by atoms with Gasteiger partial charge in [0.05, 0.1) is 31.6 Å². The Morgan fingerprint density at radius 3 is 2.81 bits per heavy atom. The van der Waals surface area contributed by atoms with E-state index in [1.807, 2.05) is 6.92 Å². The van der Waals surface area contributed by atoms with E-state index in [9.17, 15) is 9.50 Å². The van der Waals surface area contributed by atoms with Crippen LogP contribution in [-0.2, 0) is 11.3 Å². The Morgan fingerprint density at radius 2 is 2.12 bits per heavy atom. The molecule has 2 aromatic rings. The molecule has 1 atom stereocenters. The zero-order chi connectivity index (χ0) is 22.8. The van der Waals surface area contributed by atoms with Crippen molar-refractivity contribution in [2.45, 2.75) is 26.0 Å². The largest absolute Gasteiger partial charge is 0.453 e. The van der Waals surface area contributed by atoms with Crippen LogP contribution in [0, 0.1) is 5.82 Å². The van der Waals surface area contributed by atoms with Crippen molar-refractivity contribution in [1.29, 1.82) is 0 Å². The van der Waals surface area contributed by atoms with Crippen molar-refractivity contribution in [2.75, 3.05) is 45.9 Å². The zero-order valence-electron chi connectivity index (χ0n) is 18.7. The highest BCUT2D eigenvalue weighted by Crippen LogP contribution is 2.24. The molecule has 1 aromatic heterocycles. The summed E-state index contributed by atoms with van der Waals surface area (Å²) in [7, 11) is 0. The second-order valence-corrected chi connectivity index (χ2v) is 7.99. The minimum absolute atomic E-state index is 0.134. The molecule has 9 heteroatoms. The molecule has 8 nitrogen and oxygen atoms in total. The molecule has 1 fully saturated rings. The van der Waals surface area contributed by atoms with Crippen LogP contribution in [0.2, 0.25) is 0 Å². The number of pyridine rings is 1. The fraction of sp³-hybridized carbons (Fsp3) is 0.478. The molecule has 32 heavy (non-hydrogen) atoms. The third kappa shape index (κ3) is 7.74. The number of β-amino-alcohol motifs (C(OH)–C–C–N with tert-alkyl or cyclic N) is 1. The quantitative estimate of drug-likeness (QED) is 0.402. The Labute approximate surface area is 188 Å². The summed E-state index contributed by atoms with van der Waals surface area (Å²) in [4.78, 5) is 10.7. The lowest BCUT2D eigenvalue weighted by Crippen LogP contribution is -2.52. The first-order chi connectivity index (χ1) is 15.4. The molecule has 174 valence electrons. The van der Waals surface area contributed by atoms with E-state index < -0.39 is 11.4 Å². The first kappa shape index (κ1) is 23.9. The van der Waals surface area contributed by atoms with Gasteiger partial charge in [0.1, 0.15) is 5.75 Å². The maximum Gasteiger partial charge on any atom is 0.191 e. The summed E-state index contributed by atoms with van der Waals surface area (Å²) in [5, 5.41) is 17.1. The number of nitrogens with zero attached hydrogens (tertiary/aromatic N) is 3. The molecule has 1 aliphatic heterocycles. The second kappa shape index (κ2) is 11.8. The van der Waals surface area contributed by atoms with E-state index in [2.05, 4.69) is 25.5 Å². The van der Waals surface area contributed by atoms with Crippen LogP contribution in [0.15, 0.2) is 47.7 Å². The highest BCUT2D eigenvalue weighted by Gasteiger charge is 2.25. The predicted molar refractivity (Wildman–Crippen MR) is 121 cm³/mol. The number of aromatic nitrogens is 1. The number of hydrogen-bond donors (Lipinski definition) is 3. The topological polar surface area (TPSA) is 91.2 Å². The van der Waals surface area contributed by atoms with Gasteiger partial charge in [0.2, 0.25) is 0 Å². The lowest BCUT2D eigenvalue weighted by Gasteiger charge is -2.34. The van der Waals surface area contributed by atoms with Gasteiger partial charge in [-0.05, 0) is 43.7 Å². The highest BCUT2D eigenvalue weighted by molar-refractivity contribution is 5.79. The van der Waals surface area contributed by atoms with Crippen LogP contribution in [0.3, 0.4) is 0 Å². The van der Waals surface area contributed by atoms with Gasteiger partial charge in [0, 0.05) is 38.9 Å². The van der Waals surface area contributed by atoms with Gasteiger partial charge in [-0.25, -0.2) is 9.38 Å². The first-order valence-corrected chi connectivity index (χ1v) is 10.9. The summed E-state index contributed by atoms with van der Waals surface area (Å²) >= 11 is 0. The lowest BCUT2D eigenvalue weighted by molar-refractivity contribution is -0.0201. The molecule has 3 N–H and O–H groups in total. The van der Waals surface area contributed by atoms with E-state index >= 15 is 0 Å². The van der Waals surface area contributed by atoms with Crippen molar-refractivity contribution >= 4 is 5.96 Å². The number of morpholine rings is 1. The molecule has 0 spiro atoms. The second-order valence-electron chi connectivity index (χ2n) is 7.99. The molecule has 1 unspecified atom stereocenters. The van der Waals surface area contributed by atoms with Crippen LogP contribution in [-0.4, -0.2) is 72.5 Å². The van der Waals surface area contributed by atoms with E-state index in [1.54, 1.807) is 37.4 Å². The minimum atomic E-state index is -0.926. The fourth-order valence-electron chi connectivity index (χ4n) is 3.34. The van der Waals surface area contributed by atoms with Gasteiger partial charge >= 0.3 is 0 Å². The maximum absolute atomic E-state index is 14.5. The Bertz CT molecular complexity index is 873. The predicted octanol–water partition coefficient (Wildman–Crippen LogP) is 2.15. The van der Waals surface area contributed by atoms with Crippen LogP contribution >= 0.6 is 0 Å². The number of rotatable bonds is 9. The Balaban J connectivity index is 1.56. The number of hydrogen-bond acceptors (Lipinski definition) is 6. The van der Waals surface area contributed by atoms with E-state index in [1.165, 1.54) is 12.3 Å². The minimum Gasteiger partial charge on any atom is -0.453 e. The van der Waals surface area contributed by atoms with E-state index in [0.29, 0.717) is 50.1 Å². The summed E-state index contributed by atoms with van der Waals surface area (Å²) in [6.07, 6.45) is 3.16. The Morgan fingerprint density at radius 1 is 1.31 bits per heavy atom. The number of benzene rings is 1. The van der Waals surface area contributed by atoms with Gasteiger partial charge in [0.25, 0.3) is 0 Å². The molecule has 0 bridgehead atoms. The van der Waals surface area contributed by atoms with Crippen molar-refractivity contribution in [3.8, 4) is 11.5 Å². The normalized spacial score (nSPS) is 16.9. The molecule has 0 radical (unpaired) electrons. The average molecular weight is 446 g/mol. The van der Waals surface area contributed by atoms with Crippen LogP contribution in [0.1, 0.15) is 19.4 Å². The van der Waals surface area contributed by atoms with Gasteiger partial charge in [0.15, 0.2) is 17.5 Å². The SMILES string of the molecule is CCNC(=NCc1ccc(Oc2cccnc2)c(F)c1)NCC(C)(O)CN1CCOCC1.